The molecule has 0 aliphatic carbocycles. The van der Waals surface area contributed by atoms with Gasteiger partial charge in [-0.1, -0.05) is 26.8 Å². The average Bonchev–Trinajstić information content (AvgIpc) is 3.20. The van der Waals surface area contributed by atoms with E-state index in [-0.39, 0.29) is 11.8 Å². The van der Waals surface area contributed by atoms with Crippen LogP contribution in [0.2, 0.25) is 0 Å². The van der Waals surface area contributed by atoms with Crippen LogP contribution in [0, 0.1) is 5.41 Å². The first-order valence-electron chi connectivity index (χ1n) is 9.72. The SMILES string of the molecule is CC(C)(C)C(=O)Nc1cccc(C(=O)NCc2ccnc(N3CCCC3)c2)c1. The van der Waals surface area contributed by atoms with Crippen LogP contribution < -0.4 is 15.5 Å². The van der Waals surface area contributed by atoms with Crippen molar-refractivity contribution < 1.29 is 9.59 Å². The molecular weight excluding hydrogens is 352 g/mol. The number of benzene rings is 1. The van der Waals surface area contributed by atoms with Gasteiger partial charge in [0.2, 0.25) is 5.91 Å². The van der Waals surface area contributed by atoms with Gasteiger partial charge in [0.1, 0.15) is 5.82 Å². The van der Waals surface area contributed by atoms with Gasteiger partial charge >= 0.3 is 0 Å². The molecule has 2 amide bonds. The number of nitrogens with zero attached hydrogens (tertiary/aromatic N) is 2. The molecule has 0 radical (unpaired) electrons. The van der Waals surface area contributed by atoms with Crippen molar-refractivity contribution in [1.29, 1.82) is 0 Å². The maximum Gasteiger partial charge on any atom is 0.251 e. The molecule has 2 heterocycles. The smallest absolute Gasteiger partial charge is 0.251 e. The highest BCUT2D eigenvalue weighted by Crippen LogP contribution is 2.20. The number of rotatable bonds is 5. The molecule has 0 unspecified atom stereocenters. The van der Waals surface area contributed by atoms with E-state index in [1.807, 2.05) is 32.9 Å². The van der Waals surface area contributed by atoms with Crippen LogP contribution in [-0.4, -0.2) is 29.9 Å². The fraction of sp³-hybridized carbons (Fsp3) is 0.409. The monoisotopic (exact) mass is 380 g/mol. The van der Waals surface area contributed by atoms with E-state index in [1.54, 1.807) is 30.5 Å². The van der Waals surface area contributed by atoms with E-state index >= 15 is 0 Å². The molecule has 2 N–H and O–H groups in total. The number of nitrogens with one attached hydrogen (secondary N) is 2. The molecule has 0 spiro atoms. The molecule has 1 aromatic carbocycles. The Morgan fingerprint density at radius 1 is 1.11 bits per heavy atom. The van der Waals surface area contributed by atoms with E-state index in [1.165, 1.54) is 12.8 Å². The summed E-state index contributed by atoms with van der Waals surface area (Å²) < 4.78 is 0. The van der Waals surface area contributed by atoms with Crippen LogP contribution in [0.5, 0.6) is 0 Å². The van der Waals surface area contributed by atoms with Crippen LogP contribution in [0.15, 0.2) is 42.6 Å². The number of carbonyl (C=O) groups is 2. The minimum Gasteiger partial charge on any atom is -0.357 e. The topological polar surface area (TPSA) is 74.3 Å². The third-order valence-corrected chi connectivity index (χ3v) is 4.76. The highest BCUT2D eigenvalue weighted by Gasteiger charge is 2.21. The molecule has 148 valence electrons. The van der Waals surface area contributed by atoms with E-state index in [9.17, 15) is 9.59 Å². The van der Waals surface area contributed by atoms with Crippen molar-refractivity contribution in [2.75, 3.05) is 23.3 Å². The number of hydrogen-bond acceptors (Lipinski definition) is 4. The molecule has 1 saturated heterocycles. The molecule has 0 saturated carbocycles. The number of pyridine rings is 1. The summed E-state index contributed by atoms with van der Waals surface area (Å²) in [6, 6.07) is 10.9. The molecule has 0 atom stereocenters. The van der Waals surface area contributed by atoms with Crippen molar-refractivity contribution in [2.45, 2.75) is 40.2 Å². The second-order valence-electron chi connectivity index (χ2n) is 8.18. The minimum absolute atomic E-state index is 0.0868. The van der Waals surface area contributed by atoms with Crippen molar-refractivity contribution in [3.8, 4) is 0 Å². The molecule has 1 aliphatic rings. The Morgan fingerprint density at radius 2 is 1.86 bits per heavy atom. The maximum atomic E-state index is 12.5. The second-order valence-corrected chi connectivity index (χ2v) is 8.18. The van der Waals surface area contributed by atoms with Gasteiger partial charge in [-0.05, 0) is 48.7 Å². The quantitative estimate of drug-likeness (QED) is 0.831. The average molecular weight is 380 g/mol. The summed E-state index contributed by atoms with van der Waals surface area (Å²) in [7, 11) is 0. The lowest BCUT2D eigenvalue weighted by Crippen LogP contribution is -2.28. The highest BCUT2D eigenvalue weighted by atomic mass is 16.2. The third kappa shape index (κ3) is 5.09. The molecule has 2 aromatic rings. The molecule has 28 heavy (non-hydrogen) atoms. The largest absolute Gasteiger partial charge is 0.357 e. The van der Waals surface area contributed by atoms with Gasteiger partial charge in [-0.3, -0.25) is 9.59 Å². The van der Waals surface area contributed by atoms with Gasteiger partial charge in [0.05, 0.1) is 0 Å². The lowest BCUT2D eigenvalue weighted by molar-refractivity contribution is -0.123. The van der Waals surface area contributed by atoms with Gasteiger partial charge in [0.25, 0.3) is 5.91 Å². The van der Waals surface area contributed by atoms with Crippen molar-refractivity contribution >= 4 is 23.3 Å². The van der Waals surface area contributed by atoms with Crippen LogP contribution in [0.25, 0.3) is 0 Å². The van der Waals surface area contributed by atoms with Crippen molar-refractivity contribution in [3.63, 3.8) is 0 Å². The van der Waals surface area contributed by atoms with Crippen molar-refractivity contribution in [3.05, 3.63) is 53.7 Å². The minimum atomic E-state index is -0.493. The molecule has 1 aliphatic heterocycles. The van der Waals surface area contributed by atoms with Gasteiger partial charge in [-0.25, -0.2) is 4.98 Å². The summed E-state index contributed by atoms with van der Waals surface area (Å²) in [6.07, 6.45) is 4.19. The zero-order valence-electron chi connectivity index (χ0n) is 16.8. The Kier molecular flexibility index (Phi) is 5.97. The van der Waals surface area contributed by atoms with Crippen LogP contribution in [0.4, 0.5) is 11.5 Å². The Hall–Kier alpha value is -2.89. The maximum absolute atomic E-state index is 12.5. The van der Waals surface area contributed by atoms with Crippen LogP contribution in [0.3, 0.4) is 0 Å². The summed E-state index contributed by atoms with van der Waals surface area (Å²) in [5, 5.41) is 5.80. The fourth-order valence-electron chi connectivity index (χ4n) is 3.03. The van der Waals surface area contributed by atoms with Gasteiger partial charge in [-0.2, -0.15) is 0 Å². The van der Waals surface area contributed by atoms with Gasteiger partial charge in [-0.15, -0.1) is 0 Å². The van der Waals surface area contributed by atoms with Gasteiger partial charge in [0, 0.05) is 42.5 Å². The summed E-state index contributed by atoms with van der Waals surface area (Å²) >= 11 is 0. The zero-order valence-corrected chi connectivity index (χ0v) is 16.8. The molecule has 6 heteroatoms. The summed E-state index contributed by atoms with van der Waals surface area (Å²) in [6.45, 7) is 8.06. The number of aromatic nitrogens is 1. The molecule has 3 rings (SSSR count). The number of amides is 2. The lowest BCUT2D eigenvalue weighted by Gasteiger charge is -2.18. The van der Waals surface area contributed by atoms with Crippen molar-refractivity contribution in [1.82, 2.24) is 10.3 Å². The number of carbonyl (C=O) groups excluding carboxylic acids is 2. The van der Waals surface area contributed by atoms with E-state index < -0.39 is 5.41 Å². The summed E-state index contributed by atoms with van der Waals surface area (Å²) in [4.78, 5) is 31.4. The molecule has 1 fully saturated rings. The van der Waals surface area contributed by atoms with Gasteiger partial charge in [0.15, 0.2) is 0 Å². The van der Waals surface area contributed by atoms with Crippen LogP contribution >= 0.6 is 0 Å². The molecule has 0 bridgehead atoms. The number of anilines is 2. The van der Waals surface area contributed by atoms with Crippen LogP contribution in [0.1, 0.15) is 49.5 Å². The zero-order chi connectivity index (χ0) is 20.1. The first-order valence-corrected chi connectivity index (χ1v) is 9.72. The fourth-order valence-corrected chi connectivity index (χ4v) is 3.03. The predicted octanol–water partition coefficient (Wildman–Crippen LogP) is 3.60. The lowest BCUT2D eigenvalue weighted by atomic mass is 9.95. The molecule has 1 aromatic heterocycles. The van der Waals surface area contributed by atoms with Crippen molar-refractivity contribution in [2.24, 2.45) is 5.41 Å². The van der Waals surface area contributed by atoms with E-state index in [4.69, 9.17) is 0 Å². The van der Waals surface area contributed by atoms with Gasteiger partial charge < -0.3 is 15.5 Å². The standard InChI is InChI=1S/C22H28N4O2/c1-22(2,3)21(28)25-18-8-6-7-17(14-18)20(27)24-15-16-9-10-23-19(13-16)26-11-4-5-12-26/h6-10,13-14H,4-5,11-12,15H2,1-3H3,(H,24,27)(H,25,28). The highest BCUT2D eigenvalue weighted by molar-refractivity contribution is 5.98. The molecule has 6 nitrogen and oxygen atoms in total. The summed E-state index contributed by atoms with van der Waals surface area (Å²) in [5.41, 5.74) is 1.66. The van der Waals surface area contributed by atoms with E-state index in [0.717, 1.165) is 24.5 Å². The van der Waals surface area contributed by atoms with E-state index in [0.29, 0.717) is 17.8 Å². The summed E-state index contributed by atoms with van der Waals surface area (Å²) in [5.74, 6) is 0.707. The Labute approximate surface area is 166 Å². The second kappa shape index (κ2) is 8.42. The predicted molar refractivity (Wildman–Crippen MR) is 111 cm³/mol. The van der Waals surface area contributed by atoms with E-state index in [2.05, 4.69) is 20.5 Å². The number of hydrogen-bond donors (Lipinski definition) is 2. The molecular formula is C22H28N4O2. The third-order valence-electron chi connectivity index (χ3n) is 4.76. The Balaban J connectivity index is 1.61. The first kappa shape index (κ1) is 19.9. The first-order chi connectivity index (χ1) is 13.3. The Morgan fingerprint density at radius 3 is 2.57 bits per heavy atom. The van der Waals surface area contributed by atoms with Crippen LogP contribution in [-0.2, 0) is 11.3 Å². The normalized spacial score (nSPS) is 14.0. The Bertz CT molecular complexity index is 852.